The third-order valence-corrected chi connectivity index (χ3v) is 4.51. The number of benzene rings is 1. The molecule has 0 bridgehead atoms. The van der Waals surface area contributed by atoms with Crippen LogP contribution in [0.5, 0.6) is 0 Å². The van der Waals surface area contributed by atoms with Gasteiger partial charge < -0.3 is 4.90 Å². The van der Waals surface area contributed by atoms with E-state index in [1.807, 2.05) is 4.90 Å². The van der Waals surface area contributed by atoms with Crippen molar-refractivity contribution in [2.24, 2.45) is 0 Å². The van der Waals surface area contributed by atoms with E-state index in [4.69, 9.17) is 5.41 Å². The number of fused-ring (bicyclic) bond motifs is 1. The number of halogens is 1. The van der Waals surface area contributed by atoms with Crippen molar-refractivity contribution in [3.8, 4) is 0 Å². The molecule has 2 heterocycles. The standard InChI is InChI=1S/C15H15FN2S/c1-2-10-5-6-19-14(10)9-18-8-11-3-4-12(16)7-13(11)15(18)17/h3-7,17H,2,8-9H2,1H3. The molecule has 0 spiro atoms. The Morgan fingerprint density at radius 3 is 3.00 bits per heavy atom. The average molecular weight is 274 g/mol. The van der Waals surface area contributed by atoms with Gasteiger partial charge in [-0.1, -0.05) is 13.0 Å². The fourth-order valence-corrected chi connectivity index (χ4v) is 3.48. The number of thiophene rings is 1. The van der Waals surface area contributed by atoms with E-state index in [2.05, 4.69) is 18.4 Å². The SMILES string of the molecule is CCc1ccsc1CN1Cc2ccc(F)cc2C1=N. The van der Waals surface area contributed by atoms with Crippen LogP contribution in [0.15, 0.2) is 29.6 Å². The average Bonchev–Trinajstić information content (AvgIpc) is 2.97. The van der Waals surface area contributed by atoms with Gasteiger partial charge in [-0.15, -0.1) is 11.3 Å². The van der Waals surface area contributed by atoms with Crippen molar-refractivity contribution < 1.29 is 4.39 Å². The van der Waals surface area contributed by atoms with Crippen molar-refractivity contribution in [1.29, 1.82) is 5.41 Å². The number of aryl methyl sites for hydroxylation is 1. The van der Waals surface area contributed by atoms with Crippen LogP contribution in [0.4, 0.5) is 4.39 Å². The molecule has 1 aliphatic rings. The number of hydrogen-bond acceptors (Lipinski definition) is 2. The van der Waals surface area contributed by atoms with Gasteiger partial charge in [-0.3, -0.25) is 5.41 Å². The molecule has 1 aliphatic heterocycles. The van der Waals surface area contributed by atoms with Crippen molar-refractivity contribution in [2.45, 2.75) is 26.4 Å². The summed E-state index contributed by atoms with van der Waals surface area (Å²) < 4.78 is 13.2. The van der Waals surface area contributed by atoms with E-state index in [0.29, 0.717) is 12.4 Å². The van der Waals surface area contributed by atoms with Crippen LogP contribution in [0.1, 0.15) is 28.5 Å². The fraction of sp³-hybridized carbons (Fsp3) is 0.267. The first kappa shape index (κ1) is 12.4. The molecule has 0 aliphatic carbocycles. The van der Waals surface area contributed by atoms with Crippen LogP contribution in [0.25, 0.3) is 0 Å². The maximum Gasteiger partial charge on any atom is 0.129 e. The Bertz CT molecular complexity index is 633. The van der Waals surface area contributed by atoms with Gasteiger partial charge in [-0.25, -0.2) is 4.39 Å². The Hall–Kier alpha value is -1.68. The highest BCUT2D eigenvalue weighted by Gasteiger charge is 2.25. The summed E-state index contributed by atoms with van der Waals surface area (Å²) in [6.45, 7) is 3.59. The number of amidine groups is 1. The number of nitrogens with zero attached hydrogens (tertiary/aromatic N) is 1. The van der Waals surface area contributed by atoms with Gasteiger partial charge >= 0.3 is 0 Å². The lowest BCUT2D eigenvalue weighted by molar-refractivity contribution is 0.425. The van der Waals surface area contributed by atoms with Crippen molar-refractivity contribution >= 4 is 17.2 Å². The second-order valence-corrected chi connectivity index (χ2v) is 5.73. The Morgan fingerprint density at radius 1 is 1.37 bits per heavy atom. The lowest BCUT2D eigenvalue weighted by Crippen LogP contribution is -2.23. The first-order valence-corrected chi connectivity index (χ1v) is 7.24. The predicted octanol–water partition coefficient (Wildman–Crippen LogP) is 3.79. The molecular formula is C15H15FN2S. The molecule has 0 radical (unpaired) electrons. The van der Waals surface area contributed by atoms with Crippen molar-refractivity contribution in [1.82, 2.24) is 4.90 Å². The molecular weight excluding hydrogens is 259 g/mol. The summed E-state index contributed by atoms with van der Waals surface area (Å²) in [5.74, 6) is 0.167. The van der Waals surface area contributed by atoms with E-state index in [1.54, 1.807) is 17.4 Å². The van der Waals surface area contributed by atoms with Gasteiger partial charge in [0.15, 0.2) is 0 Å². The summed E-state index contributed by atoms with van der Waals surface area (Å²) in [6.07, 6.45) is 1.02. The molecule has 0 amide bonds. The quantitative estimate of drug-likeness (QED) is 0.905. The zero-order valence-electron chi connectivity index (χ0n) is 10.7. The fourth-order valence-electron chi connectivity index (χ4n) is 2.49. The molecule has 2 nitrogen and oxygen atoms in total. The number of nitrogens with one attached hydrogen (secondary N) is 1. The predicted molar refractivity (Wildman–Crippen MR) is 76.2 cm³/mol. The molecule has 98 valence electrons. The molecule has 1 aromatic carbocycles. The number of rotatable bonds is 3. The highest BCUT2D eigenvalue weighted by molar-refractivity contribution is 7.10. The highest BCUT2D eigenvalue weighted by atomic mass is 32.1. The van der Waals surface area contributed by atoms with Crippen molar-refractivity contribution in [2.75, 3.05) is 0 Å². The molecule has 19 heavy (non-hydrogen) atoms. The van der Waals surface area contributed by atoms with E-state index >= 15 is 0 Å². The summed E-state index contributed by atoms with van der Waals surface area (Å²) in [6, 6.07) is 6.87. The highest BCUT2D eigenvalue weighted by Crippen LogP contribution is 2.27. The molecule has 4 heteroatoms. The first-order valence-electron chi connectivity index (χ1n) is 6.36. The van der Waals surface area contributed by atoms with Crippen LogP contribution in [0.2, 0.25) is 0 Å². The van der Waals surface area contributed by atoms with Crippen LogP contribution in [-0.2, 0) is 19.5 Å². The monoisotopic (exact) mass is 274 g/mol. The minimum atomic E-state index is -0.268. The van der Waals surface area contributed by atoms with Crippen LogP contribution >= 0.6 is 11.3 Å². The zero-order valence-corrected chi connectivity index (χ0v) is 11.6. The van der Waals surface area contributed by atoms with Crippen LogP contribution in [0, 0.1) is 11.2 Å². The molecule has 1 N–H and O–H groups in total. The largest absolute Gasteiger partial charge is 0.347 e. The van der Waals surface area contributed by atoms with E-state index in [0.717, 1.165) is 24.1 Å². The lowest BCUT2D eigenvalue weighted by atomic mass is 10.1. The van der Waals surface area contributed by atoms with Gasteiger partial charge in [0.1, 0.15) is 11.7 Å². The van der Waals surface area contributed by atoms with Crippen LogP contribution < -0.4 is 0 Å². The molecule has 2 aromatic rings. The normalized spacial score (nSPS) is 14.0. The Morgan fingerprint density at radius 2 is 2.21 bits per heavy atom. The molecule has 0 saturated heterocycles. The second kappa shape index (κ2) is 4.78. The Labute approximate surface area is 116 Å². The van der Waals surface area contributed by atoms with Crippen molar-refractivity contribution in [3.63, 3.8) is 0 Å². The summed E-state index contributed by atoms with van der Waals surface area (Å²) in [5, 5.41) is 10.3. The van der Waals surface area contributed by atoms with E-state index in [-0.39, 0.29) is 5.82 Å². The molecule has 1 aromatic heterocycles. The summed E-state index contributed by atoms with van der Waals surface area (Å²) in [4.78, 5) is 3.32. The van der Waals surface area contributed by atoms with Crippen LogP contribution in [0.3, 0.4) is 0 Å². The Kier molecular flexibility index (Phi) is 3.11. The van der Waals surface area contributed by atoms with Crippen LogP contribution in [-0.4, -0.2) is 10.7 Å². The smallest absolute Gasteiger partial charge is 0.129 e. The van der Waals surface area contributed by atoms with E-state index < -0.39 is 0 Å². The van der Waals surface area contributed by atoms with Crippen molar-refractivity contribution in [3.05, 3.63) is 57.0 Å². The van der Waals surface area contributed by atoms with E-state index in [1.165, 1.54) is 22.6 Å². The van der Waals surface area contributed by atoms with Gasteiger partial charge in [-0.05, 0) is 41.1 Å². The van der Waals surface area contributed by atoms with E-state index in [9.17, 15) is 4.39 Å². The van der Waals surface area contributed by atoms with Gasteiger partial charge in [-0.2, -0.15) is 0 Å². The topological polar surface area (TPSA) is 27.1 Å². The molecule has 0 unspecified atom stereocenters. The minimum Gasteiger partial charge on any atom is -0.347 e. The van der Waals surface area contributed by atoms with Gasteiger partial charge in [0, 0.05) is 17.0 Å². The maximum absolute atomic E-state index is 13.2. The molecule has 0 saturated carbocycles. The summed E-state index contributed by atoms with van der Waals surface area (Å²) in [7, 11) is 0. The number of hydrogen-bond donors (Lipinski definition) is 1. The Balaban J connectivity index is 1.84. The summed E-state index contributed by atoms with van der Waals surface area (Å²) in [5.41, 5.74) is 3.12. The molecule has 0 atom stereocenters. The molecule has 3 rings (SSSR count). The first-order chi connectivity index (χ1) is 9.19. The van der Waals surface area contributed by atoms with Gasteiger partial charge in [0.2, 0.25) is 0 Å². The third-order valence-electron chi connectivity index (χ3n) is 3.56. The van der Waals surface area contributed by atoms with Gasteiger partial charge in [0.25, 0.3) is 0 Å². The molecule has 0 fully saturated rings. The lowest BCUT2D eigenvalue weighted by Gasteiger charge is -2.17. The summed E-state index contributed by atoms with van der Waals surface area (Å²) >= 11 is 1.73. The maximum atomic E-state index is 13.2. The zero-order chi connectivity index (χ0) is 13.4. The minimum absolute atomic E-state index is 0.268. The third kappa shape index (κ3) is 2.16. The second-order valence-electron chi connectivity index (χ2n) is 4.73. The van der Waals surface area contributed by atoms with Gasteiger partial charge in [0.05, 0.1) is 6.54 Å².